The zero-order valence-corrected chi connectivity index (χ0v) is 9.84. The lowest BCUT2D eigenvalue weighted by molar-refractivity contribution is 0.300. The summed E-state index contributed by atoms with van der Waals surface area (Å²) in [6, 6.07) is 0.351. The van der Waals surface area contributed by atoms with Crippen LogP contribution in [0.4, 0.5) is 0 Å². The third-order valence-electron chi connectivity index (χ3n) is 2.42. The van der Waals surface area contributed by atoms with Crippen LogP contribution < -0.4 is 5.73 Å². The maximum Gasteiger partial charge on any atom is 0.0167 e. The van der Waals surface area contributed by atoms with E-state index in [1.807, 2.05) is 6.08 Å². The molecule has 14 heavy (non-hydrogen) atoms. The van der Waals surface area contributed by atoms with E-state index in [9.17, 15) is 0 Å². The summed E-state index contributed by atoms with van der Waals surface area (Å²) in [4.78, 5) is 2.32. The molecule has 0 radical (unpaired) electrons. The van der Waals surface area contributed by atoms with E-state index in [1.54, 1.807) is 0 Å². The van der Waals surface area contributed by atoms with E-state index in [0.717, 1.165) is 25.9 Å². The first kappa shape index (κ1) is 13.7. The fourth-order valence-corrected chi connectivity index (χ4v) is 1.55. The maximum atomic E-state index is 6.00. The zero-order valence-electron chi connectivity index (χ0n) is 9.84. The summed E-state index contributed by atoms with van der Waals surface area (Å²) in [6.07, 6.45) is 7.93. The Hall–Kier alpha value is -0.340. The predicted molar refractivity (Wildman–Crippen MR) is 64.4 cm³/mol. The number of unbranched alkanes of at least 4 members (excludes halogenated alkanes) is 2. The molecule has 84 valence electrons. The first-order valence-electron chi connectivity index (χ1n) is 5.75. The molecule has 0 aliphatic heterocycles. The highest BCUT2D eigenvalue weighted by atomic mass is 15.1. The molecule has 0 bridgehead atoms. The van der Waals surface area contributed by atoms with Crippen LogP contribution >= 0.6 is 0 Å². The van der Waals surface area contributed by atoms with E-state index in [0.29, 0.717) is 6.04 Å². The van der Waals surface area contributed by atoms with Crippen molar-refractivity contribution in [1.82, 2.24) is 4.90 Å². The number of hydrogen-bond acceptors (Lipinski definition) is 2. The first-order chi connectivity index (χ1) is 6.70. The molecule has 0 saturated heterocycles. The van der Waals surface area contributed by atoms with Crippen LogP contribution in [0.25, 0.3) is 0 Å². The average molecular weight is 198 g/mol. The van der Waals surface area contributed by atoms with Gasteiger partial charge >= 0.3 is 0 Å². The smallest absolute Gasteiger partial charge is 0.0167 e. The summed E-state index contributed by atoms with van der Waals surface area (Å²) in [5, 5.41) is 0. The van der Waals surface area contributed by atoms with Crippen LogP contribution in [0.2, 0.25) is 0 Å². The van der Waals surface area contributed by atoms with Gasteiger partial charge in [-0.2, -0.15) is 0 Å². The Balaban J connectivity index is 3.39. The van der Waals surface area contributed by atoms with Crippen molar-refractivity contribution in [3.8, 4) is 0 Å². The lowest BCUT2D eigenvalue weighted by Crippen LogP contribution is -2.35. The van der Waals surface area contributed by atoms with E-state index in [-0.39, 0.29) is 0 Å². The highest BCUT2D eigenvalue weighted by molar-refractivity contribution is 4.69. The second kappa shape index (κ2) is 9.22. The quantitative estimate of drug-likeness (QED) is 0.455. The topological polar surface area (TPSA) is 29.3 Å². The molecule has 0 aromatic rings. The van der Waals surface area contributed by atoms with Crippen molar-refractivity contribution >= 4 is 0 Å². The van der Waals surface area contributed by atoms with Gasteiger partial charge < -0.3 is 10.6 Å². The number of likely N-dealkylation sites (N-methyl/N-ethyl adjacent to an activating group) is 1. The van der Waals surface area contributed by atoms with Crippen molar-refractivity contribution < 1.29 is 0 Å². The molecule has 0 fully saturated rings. The molecular weight excluding hydrogens is 172 g/mol. The number of hydrogen-bond donors (Lipinski definition) is 1. The molecule has 0 aromatic carbocycles. The maximum absolute atomic E-state index is 6.00. The van der Waals surface area contributed by atoms with Crippen molar-refractivity contribution in [1.29, 1.82) is 0 Å². The summed E-state index contributed by atoms with van der Waals surface area (Å²) in [5.74, 6) is 0. The van der Waals surface area contributed by atoms with Crippen molar-refractivity contribution in [2.24, 2.45) is 5.73 Å². The minimum atomic E-state index is 0.351. The van der Waals surface area contributed by atoms with Crippen LogP contribution in [0, 0.1) is 0 Å². The van der Waals surface area contributed by atoms with E-state index in [1.165, 1.54) is 19.3 Å². The van der Waals surface area contributed by atoms with Crippen LogP contribution in [0.3, 0.4) is 0 Å². The number of rotatable bonds is 9. The van der Waals surface area contributed by atoms with E-state index >= 15 is 0 Å². The summed E-state index contributed by atoms with van der Waals surface area (Å²) in [5.41, 5.74) is 6.00. The van der Waals surface area contributed by atoms with Gasteiger partial charge in [0.15, 0.2) is 0 Å². The molecular formula is C12H26N2. The van der Waals surface area contributed by atoms with Crippen LogP contribution in [0.1, 0.15) is 39.0 Å². The summed E-state index contributed by atoms with van der Waals surface area (Å²) >= 11 is 0. The fraction of sp³-hybridized carbons (Fsp3) is 0.833. The van der Waals surface area contributed by atoms with Gasteiger partial charge in [-0.3, -0.25) is 0 Å². The molecule has 0 rings (SSSR count). The highest BCUT2D eigenvalue weighted by Gasteiger charge is 2.05. The number of allylic oxidation sites excluding steroid dienone is 1. The Kier molecular flexibility index (Phi) is 9.00. The Morgan fingerprint density at radius 2 is 2.14 bits per heavy atom. The zero-order chi connectivity index (χ0) is 10.8. The van der Waals surface area contributed by atoms with Gasteiger partial charge in [0.25, 0.3) is 0 Å². The van der Waals surface area contributed by atoms with E-state index < -0.39 is 0 Å². The standard InChI is InChI=1S/C12H26N2/c1-4-6-8-10-14(3)11-12(13)9-7-5-2/h4,12H,1,5-11,13H2,2-3H3. The van der Waals surface area contributed by atoms with Gasteiger partial charge in [-0.1, -0.05) is 25.8 Å². The predicted octanol–water partition coefficient (Wildman–Crippen LogP) is 2.40. The van der Waals surface area contributed by atoms with Crippen molar-refractivity contribution in [2.45, 2.75) is 45.1 Å². The van der Waals surface area contributed by atoms with Gasteiger partial charge in [-0.25, -0.2) is 0 Å². The Bertz CT molecular complexity index is 134. The summed E-state index contributed by atoms with van der Waals surface area (Å²) in [6.45, 7) is 8.08. The SMILES string of the molecule is C=CCCCN(C)CC(N)CCCC. The second-order valence-corrected chi connectivity index (χ2v) is 4.10. The lowest BCUT2D eigenvalue weighted by atomic mass is 10.1. The van der Waals surface area contributed by atoms with Crippen LogP contribution in [-0.2, 0) is 0 Å². The monoisotopic (exact) mass is 198 g/mol. The van der Waals surface area contributed by atoms with E-state index in [2.05, 4.69) is 25.5 Å². The van der Waals surface area contributed by atoms with Gasteiger partial charge in [0.05, 0.1) is 0 Å². The number of nitrogens with two attached hydrogens (primary N) is 1. The van der Waals surface area contributed by atoms with Gasteiger partial charge in [-0.05, 0) is 32.9 Å². The third-order valence-corrected chi connectivity index (χ3v) is 2.42. The molecule has 0 spiro atoms. The minimum absolute atomic E-state index is 0.351. The van der Waals surface area contributed by atoms with E-state index in [4.69, 9.17) is 5.73 Å². The van der Waals surface area contributed by atoms with Gasteiger partial charge in [0, 0.05) is 12.6 Å². The van der Waals surface area contributed by atoms with Gasteiger partial charge in [0.2, 0.25) is 0 Å². The molecule has 0 amide bonds. The molecule has 0 aliphatic carbocycles. The molecule has 0 aromatic heterocycles. The number of nitrogens with zero attached hydrogens (tertiary/aromatic N) is 1. The largest absolute Gasteiger partial charge is 0.327 e. The second-order valence-electron chi connectivity index (χ2n) is 4.10. The molecule has 1 atom stereocenters. The van der Waals surface area contributed by atoms with Crippen LogP contribution in [0.15, 0.2) is 12.7 Å². The molecule has 0 aliphatic rings. The molecule has 2 N–H and O–H groups in total. The van der Waals surface area contributed by atoms with Crippen molar-refractivity contribution in [3.05, 3.63) is 12.7 Å². The lowest BCUT2D eigenvalue weighted by Gasteiger charge is -2.20. The summed E-state index contributed by atoms with van der Waals surface area (Å²) in [7, 11) is 2.15. The average Bonchev–Trinajstić information content (AvgIpc) is 2.15. The molecule has 0 heterocycles. The van der Waals surface area contributed by atoms with Crippen molar-refractivity contribution in [3.63, 3.8) is 0 Å². The van der Waals surface area contributed by atoms with Gasteiger partial charge in [-0.15, -0.1) is 6.58 Å². The van der Waals surface area contributed by atoms with Crippen molar-refractivity contribution in [2.75, 3.05) is 20.1 Å². The molecule has 0 saturated carbocycles. The van der Waals surface area contributed by atoms with Crippen LogP contribution in [0.5, 0.6) is 0 Å². The minimum Gasteiger partial charge on any atom is -0.327 e. The van der Waals surface area contributed by atoms with Gasteiger partial charge in [0.1, 0.15) is 0 Å². The Morgan fingerprint density at radius 3 is 2.71 bits per heavy atom. The third kappa shape index (κ3) is 8.27. The highest BCUT2D eigenvalue weighted by Crippen LogP contribution is 2.01. The fourth-order valence-electron chi connectivity index (χ4n) is 1.55. The molecule has 2 heteroatoms. The first-order valence-corrected chi connectivity index (χ1v) is 5.75. The molecule has 2 nitrogen and oxygen atoms in total. The Morgan fingerprint density at radius 1 is 1.43 bits per heavy atom. The normalized spacial score (nSPS) is 13.1. The Labute approximate surface area is 89.2 Å². The molecule has 1 unspecified atom stereocenters. The summed E-state index contributed by atoms with van der Waals surface area (Å²) < 4.78 is 0. The van der Waals surface area contributed by atoms with Crippen LogP contribution in [-0.4, -0.2) is 31.1 Å².